The van der Waals surface area contributed by atoms with E-state index in [0.717, 1.165) is 62.2 Å². The smallest absolute Gasteiger partial charge is 0.224 e. The molecule has 0 aliphatic carbocycles. The number of carbonyl (C=O) groups is 1. The van der Waals surface area contributed by atoms with Crippen LogP contribution in [0.3, 0.4) is 0 Å². The first-order chi connectivity index (χ1) is 11.2. The first-order valence-electron chi connectivity index (χ1n) is 8.21. The van der Waals surface area contributed by atoms with Gasteiger partial charge in [-0.15, -0.1) is 11.8 Å². The summed E-state index contributed by atoms with van der Waals surface area (Å²) in [5, 5.41) is 0.828. The molecular formula is C17H23ClN2O2S. The summed E-state index contributed by atoms with van der Waals surface area (Å²) in [5.41, 5.74) is 1.13. The highest BCUT2D eigenvalue weighted by molar-refractivity contribution is 7.99. The summed E-state index contributed by atoms with van der Waals surface area (Å²) in [6.45, 7) is 5.48. The van der Waals surface area contributed by atoms with E-state index in [0.29, 0.717) is 6.42 Å². The minimum atomic E-state index is 0.0969. The number of morpholine rings is 1. The second-order valence-corrected chi connectivity index (χ2v) is 7.55. The largest absolute Gasteiger partial charge is 0.379 e. The van der Waals surface area contributed by atoms with Crippen LogP contribution in [0.4, 0.5) is 0 Å². The van der Waals surface area contributed by atoms with Gasteiger partial charge in [-0.3, -0.25) is 9.69 Å². The Kier molecular flexibility index (Phi) is 6.22. The molecule has 0 saturated carbocycles. The maximum atomic E-state index is 12.4. The second kappa shape index (κ2) is 8.38. The monoisotopic (exact) mass is 354 g/mol. The van der Waals surface area contributed by atoms with Crippen molar-refractivity contribution in [3.05, 3.63) is 34.9 Å². The molecular weight excluding hydrogens is 332 g/mol. The van der Waals surface area contributed by atoms with Crippen molar-refractivity contribution in [2.45, 2.75) is 18.2 Å². The molecule has 0 radical (unpaired) electrons. The van der Waals surface area contributed by atoms with Crippen molar-refractivity contribution >= 4 is 29.3 Å². The Morgan fingerprint density at radius 2 is 2.09 bits per heavy atom. The number of amides is 1. The predicted octanol–water partition coefficient (Wildman–Crippen LogP) is 3.03. The summed E-state index contributed by atoms with van der Waals surface area (Å²) in [4.78, 5) is 16.8. The van der Waals surface area contributed by atoms with Crippen LogP contribution in [-0.4, -0.2) is 60.9 Å². The van der Waals surface area contributed by atoms with Gasteiger partial charge in [0.25, 0.3) is 0 Å². The van der Waals surface area contributed by atoms with Gasteiger partial charge in [0.1, 0.15) is 5.37 Å². The molecule has 3 rings (SSSR count). The maximum Gasteiger partial charge on any atom is 0.224 e. The van der Waals surface area contributed by atoms with Crippen LogP contribution in [-0.2, 0) is 9.53 Å². The molecule has 0 bridgehead atoms. The molecule has 126 valence electrons. The lowest BCUT2D eigenvalue weighted by atomic mass is 10.2. The normalized spacial score (nSPS) is 23.3. The molecule has 1 atom stereocenters. The van der Waals surface area contributed by atoms with Crippen LogP contribution >= 0.6 is 23.4 Å². The van der Waals surface area contributed by atoms with Crippen molar-refractivity contribution in [3.63, 3.8) is 0 Å². The third kappa shape index (κ3) is 4.63. The predicted molar refractivity (Wildman–Crippen MR) is 94.9 cm³/mol. The molecule has 0 N–H and O–H groups in total. The van der Waals surface area contributed by atoms with Gasteiger partial charge in [-0.25, -0.2) is 0 Å². The third-order valence-electron chi connectivity index (χ3n) is 4.31. The highest BCUT2D eigenvalue weighted by atomic mass is 35.5. The van der Waals surface area contributed by atoms with Gasteiger partial charge in [-0.2, -0.15) is 0 Å². The number of ether oxygens (including phenoxy) is 1. The van der Waals surface area contributed by atoms with Crippen LogP contribution in [0.25, 0.3) is 0 Å². The molecule has 0 aromatic heterocycles. The lowest BCUT2D eigenvalue weighted by Gasteiger charge is -2.36. The molecule has 1 unspecified atom stereocenters. The topological polar surface area (TPSA) is 32.8 Å². The number of thioether (sulfide) groups is 1. The van der Waals surface area contributed by atoms with Gasteiger partial charge in [-0.1, -0.05) is 23.7 Å². The summed E-state index contributed by atoms with van der Waals surface area (Å²) in [6, 6.07) is 7.89. The summed E-state index contributed by atoms with van der Waals surface area (Å²) < 4.78 is 5.38. The zero-order valence-electron chi connectivity index (χ0n) is 13.2. The molecule has 1 aromatic rings. The van der Waals surface area contributed by atoms with Crippen LogP contribution in [0.15, 0.2) is 24.3 Å². The van der Waals surface area contributed by atoms with E-state index in [4.69, 9.17) is 16.3 Å². The standard InChI is InChI=1S/C17H23ClN2O2S/c18-15-4-1-3-14(13-15)17-20(16(21)5-12-23-17)7-2-6-19-8-10-22-11-9-19/h1,3-4,13,17H,2,5-12H2. The van der Waals surface area contributed by atoms with E-state index >= 15 is 0 Å². The molecule has 2 aliphatic heterocycles. The van der Waals surface area contributed by atoms with Crippen LogP contribution < -0.4 is 0 Å². The van der Waals surface area contributed by atoms with E-state index in [-0.39, 0.29) is 11.3 Å². The zero-order valence-corrected chi connectivity index (χ0v) is 14.8. The number of hydrogen-bond donors (Lipinski definition) is 0. The third-order valence-corrected chi connectivity index (χ3v) is 5.82. The Bertz CT molecular complexity index is 537. The molecule has 2 heterocycles. The lowest BCUT2D eigenvalue weighted by Crippen LogP contribution is -2.41. The summed E-state index contributed by atoms with van der Waals surface area (Å²) >= 11 is 7.96. The van der Waals surface area contributed by atoms with Crippen LogP contribution in [0.1, 0.15) is 23.8 Å². The second-order valence-electron chi connectivity index (χ2n) is 5.92. The van der Waals surface area contributed by atoms with Gasteiger partial charge in [0.15, 0.2) is 0 Å². The molecule has 2 fully saturated rings. The Balaban J connectivity index is 1.60. The van der Waals surface area contributed by atoms with E-state index in [1.54, 1.807) is 0 Å². The lowest BCUT2D eigenvalue weighted by molar-refractivity contribution is -0.132. The Labute approximate surface area is 147 Å². The van der Waals surface area contributed by atoms with Crippen molar-refractivity contribution in [1.82, 2.24) is 9.80 Å². The number of halogens is 1. The van der Waals surface area contributed by atoms with Crippen molar-refractivity contribution in [1.29, 1.82) is 0 Å². The Morgan fingerprint density at radius 1 is 1.26 bits per heavy atom. The van der Waals surface area contributed by atoms with E-state index in [2.05, 4.69) is 11.0 Å². The van der Waals surface area contributed by atoms with Crippen molar-refractivity contribution in [3.8, 4) is 0 Å². The highest BCUT2D eigenvalue weighted by Gasteiger charge is 2.29. The van der Waals surface area contributed by atoms with Crippen molar-refractivity contribution in [2.24, 2.45) is 0 Å². The molecule has 0 spiro atoms. The van der Waals surface area contributed by atoms with E-state index in [1.807, 2.05) is 34.9 Å². The quantitative estimate of drug-likeness (QED) is 0.813. The number of nitrogens with zero attached hydrogens (tertiary/aromatic N) is 2. The summed E-state index contributed by atoms with van der Waals surface area (Å²) in [7, 11) is 0. The fourth-order valence-electron chi connectivity index (χ4n) is 3.09. The van der Waals surface area contributed by atoms with Gasteiger partial charge >= 0.3 is 0 Å². The average molecular weight is 355 g/mol. The molecule has 2 saturated heterocycles. The van der Waals surface area contributed by atoms with Crippen molar-refractivity contribution in [2.75, 3.05) is 45.1 Å². The summed E-state index contributed by atoms with van der Waals surface area (Å²) in [6.07, 6.45) is 1.64. The van der Waals surface area contributed by atoms with Gasteiger partial charge in [-0.05, 0) is 24.1 Å². The number of benzene rings is 1. The van der Waals surface area contributed by atoms with Gasteiger partial charge in [0, 0.05) is 43.4 Å². The van der Waals surface area contributed by atoms with E-state index < -0.39 is 0 Å². The Morgan fingerprint density at radius 3 is 2.87 bits per heavy atom. The van der Waals surface area contributed by atoms with Gasteiger partial charge in [0.2, 0.25) is 5.91 Å². The van der Waals surface area contributed by atoms with Gasteiger partial charge < -0.3 is 9.64 Å². The van der Waals surface area contributed by atoms with Crippen LogP contribution in [0.2, 0.25) is 5.02 Å². The molecule has 2 aliphatic rings. The SMILES string of the molecule is O=C1CCSC(c2cccc(Cl)c2)N1CCCN1CCOCC1. The fourth-order valence-corrected chi connectivity index (χ4v) is 4.55. The van der Waals surface area contributed by atoms with Crippen molar-refractivity contribution < 1.29 is 9.53 Å². The highest BCUT2D eigenvalue weighted by Crippen LogP contribution is 2.38. The molecule has 23 heavy (non-hydrogen) atoms. The number of carbonyl (C=O) groups excluding carboxylic acids is 1. The van der Waals surface area contributed by atoms with Crippen LogP contribution in [0, 0.1) is 0 Å². The first-order valence-corrected chi connectivity index (χ1v) is 9.63. The average Bonchev–Trinajstić information content (AvgIpc) is 2.57. The van der Waals surface area contributed by atoms with E-state index in [9.17, 15) is 4.79 Å². The number of hydrogen-bond acceptors (Lipinski definition) is 4. The van der Waals surface area contributed by atoms with Crippen LogP contribution in [0.5, 0.6) is 0 Å². The number of rotatable bonds is 5. The molecule has 1 amide bonds. The van der Waals surface area contributed by atoms with Gasteiger partial charge in [0.05, 0.1) is 13.2 Å². The molecule has 1 aromatic carbocycles. The zero-order chi connectivity index (χ0) is 16.1. The summed E-state index contributed by atoms with van der Waals surface area (Å²) in [5.74, 6) is 1.14. The minimum Gasteiger partial charge on any atom is -0.379 e. The molecule has 4 nitrogen and oxygen atoms in total. The first kappa shape index (κ1) is 17.1. The maximum absolute atomic E-state index is 12.4. The van der Waals surface area contributed by atoms with E-state index in [1.165, 1.54) is 0 Å². The Hall–Kier alpha value is -0.750. The molecule has 6 heteroatoms. The fraction of sp³-hybridized carbons (Fsp3) is 0.588. The minimum absolute atomic E-state index is 0.0969.